The number of carbonyl (C=O) groups excluding carboxylic acids is 1. The van der Waals surface area contributed by atoms with E-state index in [1.165, 1.54) is 23.1 Å². The van der Waals surface area contributed by atoms with E-state index >= 15 is 0 Å². The lowest BCUT2D eigenvalue weighted by Gasteiger charge is -2.17. The summed E-state index contributed by atoms with van der Waals surface area (Å²) in [6, 6.07) is 9.85. The molecule has 140 valence electrons. The van der Waals surface area contributed by atoms with Crippen LogP contribution in [0.3, 0.4) is 0 Å². The molecule has 3 aromatic rings. The van der Waals surface area contributed by atoms with E-state index in [-0.39, 0.29) is 22.8 Å². The van der Waals surface area contributed by atoms with Crippen LogP contribution in [0, 0.1) is 6.92 Å². The zero-order valence-corrected chi connectivity index (χ0v) is 16.9. The number of amides is 1. The number of nitrogens with zero attached hydrogens (tertiary/aromatic N) is 2. The SMILES string of the molecule is CC[C@H](Sc1nc2ccsc2c(=O)n1C1CC1)C(=O)Nc1cccc(C)c1. The van der Waals surface area contributed by atoms with Crippen molar-refractivity contribution in [3.05, 3.63) is 51.6 Å². The number of benzene rings is 1. The first-order chi connectivity index (χ1) is 13.1. The monoisotopic (exact) mass is 399 g/mol. The average Bonchev–Trinajstić information content (AvgIpc) is 3.36. The highest BCUT2D eigenvalue weighted by atomic mass is 32.2. The lowest BCUT2D eigenvalue weighted by Crippen LogP contribution is -2.27. The van der Waals surface area contributed by atoms with Crippen LogP contribution < -0.4 is 10.9 Å². The number of aromatic nitrogens is 2. The number of nitrogens with one attached hydrogen (secondary N) is 1. The number of rotatable bonds is 6. The number of aryl methyl sites for hydroxylation is 1. The van der Waals surface area contributed by atoms with Crippen LogP contribution in [0.1, 0.15) is 37.8 Å². The first-order valence-electron chi connectivity index (χ1n) is 9.10. The van der Waals surface area contributed by atoms with Crippen molar-refractivity contribution in [2.75, 3.05) is 5.32 Å². The Morgan fingerprint density at radius 2 is 2.22 bits per heavy atom. The first kappa shape index (κ1) is 18.3. The minimum absolute atomic E-state index is 0.0222. The van der Waals surface area contributed by atoms with Gasteiger partial charge >= 0.3 is 0 Å². The third kappa shape index (κ3) is 3.80. The van der Waals surface area contributed by atoms with Crippen LogP contribution in [0.25, 0.3) is 10.2 Å². The molecular weight excluding hydrogens is 378 g/mol. The number of anilines is 1. The molecule has 0 aliphatic heterocycles. The van der Waals surface area contributed by atoms with Gasteiger partial charge in [0.25, 0.3) is 5.56 Å². The lowest BCUT2D eigenvalue weighted by molar-refractivity contribution is -0.115. The third-order valence-corrected chi connectivity index (χ3v) is 6.81. The minimum atomic E-state index is -0.307. The largest absolute Gasteiger partial charge is 0.325 e. The van der Waals surface area contributed by atoms with E-state index in [0.717, 1.165) is 29.6 Å². The number of thiophene rings is 1. The van der Waals surface area contributed by atoms with Crippen LogP contribution in [-0.2, 0) is 4.79 Å². The Kier molecular flexibility index (Phi) is 5.06. The summed E-state index contributed by atoms with van der Waals surface area (Å²) in [6.07, 6.45) is 2.65. The van der Waals surface area contributed by atoms with Gasteiger partial charge in [0, 0.05) is 11.7 Å². The predicted octanol–water partition coefficient (Wildman–Crippen LogP) is 4.61. The molecule has 7 heteroatoms. The van der Waals surface area contributed by atoms with Crippen molar-refractivity contribution in [2.45, 2.75) is 49.6 Å². The van der Waals surface area contributed by atoms with Gasteiger partial charge in [0.15, 0.2) is 5.16 Å². The summed E-state index contributed by atoms with van der Waals surface area (Å²) in [6.45, 7) is 3.98. The molecule has 4 rings (SSSR count). The van der Waals surface area contributed by atoms with Gasteiger partial charge in [0.05, 0.1) is 10.8 Å². The Morgan fingerprint density at radius 1 is 1.41 bits per heavy atom. The molecule has 0 unspecified atom stereocenters. The van der Waals surface area contributed by atoms with Gasteiger partial charge in [0.1, 0.15) is 4.70 Å². The molecule has 1 aliphatic carbocycles. The van der Waals surface area contributed by atoms with Crippen LogP contribution in [-0.4, -0.2) is 20.7 Å². The average molecular weight is 400 g/mol. The molecule has 1 atom stereocenters. The standard InChI is InChI=1S/C20H21N3O2S2/c1-3-16(18(24)21-13-6-4-5-12(2)11-13)27-20-22-15-9-10-26-17(15)19(25)23(20)14-7-8-14/h4-6,9-11,14,16H,3,7-8H2,1-2H3,(H,21,24)/t16-/m0/s1. The van der Waals surface area contributed by atoms with E-state index in [2.05, 4.69) is 5.32 Å². The summed E-state index contributed by atoms with van der Waals surface area (Å²) in [5, 5.41) is 5.23. The number of hydrogen-bond acceptors (Lipinski definition) is 5. The molecule has 27 heavy (non-hydrogen) atoms. The number of carbonyl (C=O) groups is 1. The zero-order valence-electron chi connectivity index (χ0n) is 15.3. The van der Waals surface area contributed by atoms with Crippen molar-refractivity contribution in [1.82, 2.24) is 9.55 Å². The molecule has 0 radical (unpaired) electrons. The van der Waals surface area contributed by atoms with E-state index in [9.17, 15) is 9.59 Å². The Morgan fingerprint density at radius 3 is 2.93 bits per heavy atom. The number of hydrogen-bond donors (Lipinski definition) is 1. The second-order valence-corrected chi connectivity index (χ2v) is 8.90. The van der Waals surface area contributed by atoms with Gasteiger partial charge in [-0.1, -0.05) is 30.8 Å². The molecule has 1 aliphatic rings. The second-order valence-electron chi connectivity index (χ2n) is 6.81. The Balaban J connectivity index is 1.62. The fourth-order valence-electron chi connectivity index (χ4n) is 3.04. The van der Waals surface area contributed by atoms with Crippen LogP contribution in [0.5, 0.6) is 0 Å². The number of fused-ring (bicyclic) bond motifs is 1. The molecular formula is C20H21N3O2S2. The maximum absolute atomic E-state index is 12.9. The van der Waals surface area contributed by atoms with Gasteiger partial charge in [-0.15, -0.1) is 11.3 Å². The van der Waals surface area contributed by atoms with E-state index in [1.807, 2.05) is 49.6 Å². The van der Waals surface area contributed by atoms with Crippen LogP contribution in [0.15, 0.2) is 45.7 Å². The molecule has 5 nitrogen and oxygen atoms in total. The molecule has 1 saturated carbocycles. The molecule has 2 aromatic heterocycles. The van der Waals surface area contributed by atoms with Crippen molar-refractivity contribution in [1.29, 1.82) is 0 Å². The Bertz CT molecular complexity index is 1050. The quantitative estimate of drug-likeness (QED) is 0.486. The smallest absolute Gasteiger partial charge is 0.272 e. The van der Waals surface area contributed by atoms with Crippen LogP contribution in [0.2, 0.25) is 0 Å². The molecule has 1 fully saturated rings. The van der Waals surface area contributed by atoms with Gasteiger partial charge in [-0.2, -0.15) is 0 Å². The zero-order chi connectivity index (χ0) is 19.0. The molecule has 1 N–H and O–H groups in total. The third-order valence-electron chi connectivity index (χ3n) is 4.59. The lowest BCUT2D eigenvalue weighted by atomic mass is 10.2. The second kappa shape index (κ2) is 7.48. The molecule has 0 saturated heterocycles. The van der Waals surface area contributed by atoms with Gasteiger partial charge < -0.3 is 5.32 Å². The highest BCUT2D eigenvalue weighted by Crippen LogP contribution is 2.38. The first-order valence-corrected chi connectivity index (χ1v) is 10.9. The van der Waals surface area contributed by atoms with Crippen LogP contribution >= 0.6 is 23.1 Å². The maximum Gasteiger partial charge on any atom is 0.272 e. The van der Waals surface area contributed by atoms with E-state index in [1.54, 1.807) is 4.57 Å². The van der Waals surface area contributed by atoms with Gasteiger partial charge in [-0.3, -0.25) is 14.2 Å². The van der Waals surface area contributed by atoms with E-state index in [4.69, 9.17) is 4.98 Å². The van der Waals surface area contributed by atoms with Gasteiger partial charge in [0.2, 0.25) is 5.91 Å². The Hall–Kier alpha value is -2.12. The van der Waals surface area contributed by atoms with Gasteiger partial charge in [-0.25, -0.2) is 4.98 Å². The van der Waals surface area contributed by atoms with Crippen molar-refractivity contribution in [3.8, 4) is 0 Å². The summed E-state index contributed by atoms with van der Waals surface area (Å²) in [4.78, 5) is 30.4. The van der Waals surface area contributed by atoms with Crippen molar-refractivity contribution >= 4 is 44.9 Å². The molecule has 1 amide bonds. The summed E-state index contributed by atoms with van der Waals surface area (Å²) in [5.74, 6) is -0.0601. The molecule has 2 heterocycles. The topological polar surface area (TPSA) is 64.0 Å². The summed E-state index contributed by atoms with van der Waals surface area (Å²) in [7, 11) is 0. The summed E-state index contributed by atoms with van der Waals surface area (Å²) >= 11 is 2.82. The normalized spacial score (nSPS) is 15.0. The van der Waals surface area contributed by atoms with Crippen molar-refractivity contribution in [3.63, 3.8) is 0 Å². The number of thioether (sulfide) groups is 1. The van der Waals surface area contributed by atoms with Crippen molar-refractivity contribution < 1.29 is 4.79 Å². The van der Waals surface area contributed by atoms with E-state index in [0.29, 0.717) is 16.3 Å². The maximum atomic E-state index is 12.9. The van der Waals surface area contributed by atoms with Crippen molar-refractivity contribution in [2.24, 2.45) is 0 Å². The summed E-state index contributed by atoms with van der Waals surface area (Å²) < 4.78 is 2.50. The van der Waals surface area contributed by atoms with Gasteiger partial charge in [-0.05, 0) is 55.3 Å². The highest BCUT2D eigenvalue weighted by molar-refractivity contribution is 8.00. The fourth-order valence-corrected chi connectivity index (χ4v) is 4.89. The Labute approximate surface area is 165 Å². The van der Waals surface area contributed by atoms with E-state index < -0.39 is 0 Å². The molecule has 0 bridgehead atoms. The van der Waals surface area contributed by atoms with Crippen LogP contribution in [0.4, 0.5) is 5.69 Å². The highest BCUT2D eigenvalue weighted by Gasteiger charge is 2.31. The predicted molar refractivity (Wildman–Crippen MR) is 112 cm³/mol. The molecule has 0 spiro atoms. The molecule has 1 aromatic carbocycles. The summed E-state index contributed by atoms with van der Waals surface area (Å²) in [5.41, 5.74) is 2.63. The fraction of sp³-hybridized carbons (Fsp3) is 0.350. The minimum Gasteiger partial charge on any atom is -0.325 e.